The minimum atomic E-state index is -1.02. The van der Waals surface area contributed by atoms with E-state index in [4.69, 9.17) is 5.11 Å². The molecule has 0 atom stereocenters. The van der Waals surface area contributed by atoms with Crippen molar-refractivity contribution >= 4 is 11.8 Å². The van der Waals surface area contributed by atoms with E-state index in [1.165, 1.54) is 11.6 Å². The van der Waals surface area contributed by atoms with Crippen molar-refractivity contribution < 1.29 is 9.90 Å². The average Bonchev–Trinajstić information content (AvgIpc) is 2.68. The Morgan fingerprint density at radius 1 is 1.04 bits per heavy atom. The Hall–Kier alpha value is -2.44. The number of nitrogens with zero attached hydrogens (tertiary/aromatic N) is 3. The number of pyridine rings is 1. The third kappa shape index (κ3) is 5.03. The zero-order chi connectivity index (χ0) is 18.4. The SMILES string of the molecule is CCN1CCN(Cc2ccc(CNc3cccc(C(=O)O)n3)cc2)CC1. The summed E-state index contributed by atoms with van der Waals surface area (Å²) in [6.07, 6.45) is 0. The van der Waals surface area contributed by atoms with Crippen LogP contribution in [0.3, 0.4) is 0 Å². The van der Waals surface area contributed by atoms with Crippen LogP contribution in [0.5, 0.6) is 0 Å². The van der Waals surface area contributed by atoms with Gasteiger partial charge in [-0.3, -0.25) is 4.90 Å². The Bertz CT molecular complexity index is 725. The van der Waals surface area contributed by atoms with Crippen molar-refractivity contribution in [1.29, 1.82) is 0 Å². The molecular weight excluding hydrogens is 328 g/mol. The van der Waals surface area contributed by atoms with Gasteiger partial charge >= 0.3 is 5.97 Å². The molecule has 0 bridgehead atoms. The molecule has 1 fully saturated rings. The molecule has 0 radical (unpaired) electrons. The van der Waals surface area contributed by atoms with Crippen LogP contribution >= 0.6 is 0 Å². The summed E-state index contributed by atoms with van der Waals surface area (Å²) in [6.45, 7) is 9.53. The highest BCUT2D eigenvalue weighted by Gasteiger charge is 2.15. The molecule has 0 unspecified atom stereocenters. The minimum Gasteiger partial charge on any atom is -0.477 e. The molecule has 6 nitrogen and oxygen atoms in total. The number of anilines is 1. The summed E-state index contributed by atoms with van der Waals surface area (Å²) >= 11 is 0. The van der Waals surface area contributed by atoms with E-state index in [9.17, 15) is 4.79 Å². The maximum absolute atomic E-state index is 11.0. The lowest BCUT2D eigenvalue weighted by molar-refractivity contribution is 0.0690. The number of aromatic carboxylic acids is 1. The first-order valence-electron chi connectivity index (χ1n) is 9.11. The maximum Gasteiger partial charge on any atom is 0.354 e. The van der Waals surface area contributed by atoms with Gasteiger partial charge in [-0.1, -0.05) is 37.3 Å². The summed E-state index contributed by atoms with van der Waals surface area (Å²) < 4.78 is 0. The number of carbonyl (C=O) groups is 1. The van der Waals surface area contributed by atoms with Crippen LogP contribution in [0.2, 0.25) is 0 Å². The smallest absolute Gasteiger partial charge is 0.354 e. The van der Waals surface area contributed by atoms with Crippen LogP contribution in [-0.2, 0) is 13.1 Å². The Kier molecular flexibility index (Phi) is 6.20. The van der Waals surface area contributed by atoms with E-state index >= 15 is 0 Å². The Morgan fingerprint density at radius 2 is 1.69 bits per heavy atom. The molecule has 0 spiro atoms. The van der Waals surface area contributed by atoms with Crippen molar-refractivity contribution in [3.05, 3.63) is 59.3 Å². The van der Waals surface area contributed by atoms with Crippen molar-refractivity contribution in [1.82, 2.24) is 14.8 Å². The predicted molar refractivity (Wildman–Crippen MR) is 102 cm³/mol. The van der Waals surface area contributed by atoms with E-state index in [0.29, 0.717) is 12.4 Å². The van der Waals surface area contributed by atoms with Gasteiger partial charge in [0.15, 0.2) is 5.69 Å². The van der Waals surface area contributed by atoms with E-state index in [-0.39, 0.29) is 5.69 Å². The lowest BCUT2D eigenvalue weighted by atomic mass is 10.1. The summed E-state index contributed by atoms with van der Waals surface area (Å²) in [6, 6.07) is 13.5. The Labute approximate surface area is 154 Å². The Morgan fingerprint density at radius 3 is 2.35 bits per heavy atom. The summed E-state index contributed by atoms with van der Waals surface area (Å²) in [5.41, 5.74) is 2.52. The van der Waals surface area contributed by atoms with Gasteiger partial charge in [0.2, 0.25) is 0 Å². The molecule has 1 saturated heterocycles. The standard InChI is InChI=1S/C20H26N4O2/c1-2-23-10-12-24(13-11-23)15-17-8-6-16(7-9-17)14-21-19-5-3-4-18(22-19)20(25)26/h3-9H,2,10-15H2,1H3,(H,21,22)(H,25,26). The second-order valence-electron chi connectivity index (χ2n) is 6.59. The van der Waals surface area contributed by atoms with Gasteiger partial charge in [-0.2, -0.15) is 0 Å². The second-order valence-corrected chi connectivity index (χ2v) is 6.59. The summed E-state index contributed by atoms with van der Waals surface area (Å²) in [5, 5.41) is 12.2. The number of nitrogens with one attached hydrogen (secondary N) is 1. The molecule has 26 heavy (non-hydrogen) atoms. The molecule has 2 aromatic rings. The van der Waals surface area contributed by atoms with Gasteiger partial charge in [0.25, 0.3) is 0 Å². The molecule has 2 N–H and O–H groups in total. The molecule has 0 aliphatic carbocycles. The lowest BCUT2D eigenvalue weighted by Gasteiger charge is -2.34. The van der Waals surface area contributed by atoms with Gasteiger partial charge in [0, 0.05) is 39.3 Å². The average molecular weight is 354 g/mol. The molecule has 138 valence electrons. The normalized spacial score (nSPS) is 15.7. The quantitative estimate of drug-likeness (QED) is 0.796. The van der Waals surface area contributed by atoms with Crippen LogP contribution < -0.4 is 5.32 Å². The molecule has 6 heteroatoms. The summed E-state index contributed by atoms with van der Waals surface area (Å²) in [4.78, 5) is 20.0. The highest BCUT2D eigenvalue weighted by atomic mass is 16.4. The lowest BCUT2D eigenvalue weighted by Crippen LogP contribution is -2.45. The number of hydrogen-bond acceptors (Lipinski definition) is 5. The number of carboxylic acid groups (broad SMARTS) is 1. The molecule has 1 aromatic carbocycles. The van der Waals surface area contributed by atoms with Crippen molar-refractivity contribution in [2.75, 3.05) is 38.0 Å². The molecule has 0 amide bonds. The van der Waals surface area contributed by atoms with Crippen molar-refractivity contribution in [2.45, 2.75) is 20.0 Å². The topological polar surface area (TPSA) is 68.7 Å². The van der Waals surface area contributed by atoms with Crippen molar-refractivity contribution in [3.63, 3.8) is 0 Å². The summed E-state index contributed by atoms with van der Waals surface area (Å²) in [5.74, 6) is -0.444. The fourth-order valence-corrected chi connectivity index (χ4v) is 3.13. The van der Waals surface area contributed by atoms with Gasteiger partial charge in [-0.25, -0.2) is 9.78 Å². The van der Waals surface area contributed by atoms with E-state index < -0.39 is 5.97 Å². The van der Waals surface area contributed by atoms with Crippen LogP contribution in [0.25, 0.3) is 0 Å². The number of aromatic nitrogens is 1. The largest absolute Gasteiger partial charge is 0.477 e. The van der Waals surface area contributed by atoms with Gasteiger partial charge in [0.05, 0.1) is 0 Å². The van der Waals surface area contributed by atoms with Gasteiger partial charge in [0.1, 0.15) is 5.82 Å². The first kappa shape index (κ1) is 18.4. The van der Waals surface area contributed by atoms with Crippen LogP contribution in [-0.4, -0.2) is 58.6 Å². The zero-order valence-corrected chi connectivity index (χ0v) is 15.2. The van der Waals surface area contributed by atoms with Crippen LogP contribution in [0.1, 0.15) is 28.5 Å². The third-order valence-electron chi connectivity index (χ3n) is 4.78. The molecular formula is C20H26N4O2. The highest BCUT2D eigenvalue weighted by Crippen LogP contribution is 2.12. The van der Waals surface area contributed by atoms with Crippen LogP contribution in [0.15, 0.2) is 42.5 Å². The van der Waals surface area contributed by atoms with Crippen molar-refractivity contribution in [2.24, 2.45) is 0 Å². The molecule has 1 aliphatic heterocycles. The summed E-state index contributed by atoms with van der Waals surface area (Å²) in [7, 11) is 0. The fourth-order valence-electron chi connectivity index (χ4n) is 3.13. The van der Waals surface area contributed by atoms with Crippen LogP contribution in [0, 0.1) is 0 Å². The Balaban J connectivity index is 1.50. The highest BCUT2D eigenvalue weighted by molar-refractivity contribution is 5.85. The second kappa shape index (κ2) is 8.78. The third-order valence-corrected chi connectivity index (χ3v) is 4.78. The first-order chi connectivity index (χ1) is 12.6. The first-order valence-corrected chi connectivity index (χ1v) is 9.11. The van der Waals surface area contributed by atoms with E-state index in [0.717, 1.165) is 44.8 Å². The van der Waals surface area contributed by atoms with E-state index in [2.05, 4.69) is 51.3 Å². The predicted octanol–water partition coefficient (Wildman–Crippen LogP) is 2.53. The molecule has 0 saturated carbocycles. The molecule has 2 heterocycles. The van der Waals surface area contributed by atoms with Gasteiger partial charge < -0.3 is 15.3 Å². The van der Waals surface area contributed by atoms with E-state index in [1.807, 2.05) is 0 Å². The number of hydrogen-bond donors (Lipinski definition) is 2. The van der Waals surface area contributed by atoms with Crippen LogP contribution in [0.4, 0.5) is 5.82 Å². The monoisotopic (exact) mass is 354 g/mol. The van der Waals surface area contributed by atoms with E-state index in [1.54, 1.807) is 12.1 Å². The zero-order valence-electron chi connectivity index (χ0n) is 15.2. The van der Waals surface area contributed by atoms with Gasteiger partial charge in [-0.05, 0) is 29.8 Å². The number of benzene rings is 1. The number of piperazine rings is 1. The van der Waals surface area contributed by atoms with Gasteiger partial charge in [-0.15, -0.1) is 0 Å². The fraction of sp³-hybridized carbons (Fsp3) is 0.400. The number of likely N-dealkylation sites (N-methyl/N-ethyl adjacent to an activating group) is 1. The maximum atomic E-state index is 11.0. The minimum absolute atomic E-state index is 0.0496. The molecule has 3 rings (SSSR count). The molecule has 1 aromatic heterocycles. The molecule has 1 aliphatic rings. The number of carboxylic acids is 1. The number of rotatable bonds is 7. The van der Waals surface area contributed by atoms with Crippen molar-refractivity contribution in [3.8, 4) is 0 Å².